The molecule has 4 rings (SSSR count). The van der Waals surface area contributed by atoms with Crippen molar-refractivity contribution in [1.82, 2.24) is 19.9 Å². The number of para-hydroxylation sites is 1. The van der Waals surface area contributed by atoms with Gasteiger partial charge in [-0.05, 0) is 25.5 Å². The quantitative estimate of drug-likeness (QED) is 0.242. The number of rotatable bonds is 5. The number of ether oxygens (including phenoxy) is 1. The van der Waals surface area contributed by atoms with Crippen molar-refractivity contribution in [2.24, 2.45) is 0 Å². The number of aryl methyl sites for hydroxylation is 1. The summed E-state index contributed by atoms with van der Waals surface area (Å²) < 4.78 is 44.8. The zero-order chi connectivity index (χ0) is 23.0. The average Bonchev–Trinajstić information content (AvgIpc) is 3.08. The predicted octanol–water partition coefficient (Wildman–Crippen LogP) is 5.01. The number of anilines is 1. The van der Waals surface area contributed by atoms with Crippen LogP contribution in [0.4, 0.5) is 19.0 Å². The first kappa shape index (κ1) is 22.2. The van der Waals surface area contributed by atoms with Gasteiger partial charge in [0.25, 0.3) is 0 Å². The summed E-state index contributed by atoms with van der Waals surface area (Å²) in [5.41, 5.74) is 6.94. The van der Waals surface area contributed by atoms with E-state index in [4.69, 9.17) is 10.5 Å². The van der Waals surface area contributed by atoms with Crippen LogP contribution >= 0.6 is 23.1 Å². The van der Waals surface area contributed by atoms with Crippen molar-refractivity contribution in [1.29, 1.82) is 0 Å². The van der Waals surface area contributed by atoms with Crippen LogP contribution in [0.15, 0.2) is 29.3 Å². The van der Waals surface area contributed by atoms with Crippen molar-refractivity contribution in [3.63, 3.8) is 0 Å². The Labute approximate surface area is 188 Å². The molecule has 0 spiro atoms. The van der Waals surface area contributed by atoms with E-state index in [1.165, 1.54) is 6.07 Å². The second kappa shape index (κ2) is 8.51. The number of hydrogen-bond acceptors (Lipinski definition) is 9. The highest BCUT2D eigenvalue weighted by atomic mass is 32.2. The predicted molar refractivity (Wildman–Crippen MR) is 117 cm³/mol. The SMILES string of the molecule is CCOC(=O)c1sc2nc(CSc3nc(C(F)(F)F)nc4ccccc34)nc(N)c2c1C. The number of hydrogen-bond donors (Lipinski definition) is 1. The number of nitrogens with two attached hydrogens (primary N) is 1. The molecule has 166 valence electrons. The molecule has 0 amide bonds. The van der Waals surface area contributed by atoms with E-state index in [0.29, 0.717) is 31.9 Å². The second-order valence-corrected chi connectivity index (χ2v) is 8.60. The number of esters is 1. The van der Waals surface area contributed by atoms with E-state index in [1.54, 1.807) is 32.0 Å². The first-order valence-corrected chi connectivity index (χ1v) is 11.2. The minimum Gasteiger partial charge on any atom is -0.462 e. The minimum absolute atomic E-state index is 0.129. The fourth-order valence-corrected chi connectivity index (χ4v) is 5.06. The molecule has 7 nitrogen and oxygen atoms in total. The third-order valence-corrected chi connectivity index (χ3v) is 6.64. The molecule has 4 aromatic rings. The molecule has 32 heavy (non-hydrogen) atoms. The highest BCUT2D eigenvalue weighted by Gasteiger charge is 2.35. The Morgan fingerprint density at radius 1 is 1.19 bits per heavy atom. The topological polar surface area (TPSA) is 104 Å². The van der Waals surface area contributed by atoms with E-state index in [-0.39, 0.29) is 28.7 Å². The molecule has 1 aromatic carbocycles. The van der Waals surface area contributed by atoms with Crippen LogP contribution in [0.1, 0.15) is 33.8 Å². The summed E-state index contributed by atoms with van der Waals surface area (Å²) in [6.45, 7) is 3.69. The van der Waals surface area contributed by atoms with E-state index < -0.39 is 18.0 Å². The standard InChI is InChI=1S/C20H16F3N5O2S2/c1-3-30-18(29)14-9(2)13-15(24)26-12(27-17(13)32-14)8-31-16-10-6-4-5-7-11(10)25-19(28-16)20(21,22)23/h4-7H,3,8H2,1-2H3,(H2,24,26,27). The second-order valence-electron chi connectivity index (χ2n) is 6.64. The van der Waals surface area contributed by atoms with Crippen LogP contribution in [0.2, 0.25) is 0 Å². The zero-order valence-electron chi connectivity index (χ0n) is 16.9. The number of thioether (sulfide) groups is 1. The first-order valence-electron chi connectivity index (χ1n) is 9.38. The van der Waals surface area contributed by atoms with Gasteiger partial charge in [-0.1, -0.05) is 30.0 Å². The number of carbonyl (C=O) groups excluding carboxylic acids is 1. The number of halogens is 3. The van der Waals surface area contributed by atoms with Gasteiger partial charge in [0, 0.05) is 5.39 Å². The molecule has 0 aliphatic rings. The summed E-state index contributed by atoms with van der Waals surface area (Å²) >= 11 is 2.20. The van der Waals surface area contributed by atoms with Gasteiger partial charge in [0.05, 0.1) is 23.3 Å². The Morgan fingerprint density at radius 3 is 2.66 bits per heavy atom. The Balaban J connectivity index is 1.69. The molecule has 0 saturated carbocycles. The van der Waals surface area contributed by atoms with Crippen molar-refractivity contribution < 1.29 is 22.7 Å². The highest BCUT2D eigenvalue weighted by molar-refractivity contribution is 7.98. The van der Waals surface area contributed by atoms with Gasteiger partial charge in [0.2, 0.25) is 5.82 Å². The number of aromatic nitrogens is 4. The van der Waals surface area contributed by atoms with Gasteiger partial charge in [-0.25, -0.2) is 24.7 Å². The van der Waals surface area contributed by atoms with Crippen LogP contribution in [0.3, 0.4) is 0 Å². The molecule has 0 bridgehead atoms. The molecule has 0 atom stereocenters. The highest BCUT2D eigenvalue weighted by Crippen LogP contribution is 2.35. The van der Waals surface area contributed by atoms with Gasteiger partial charge >= 0.3 is 12.1 Å². The summed E-state index contributed by atoms with van der Waals surface area (Å²) in [5.74, 6) is -1.03. The summed E-state index contributed by atoms with van der Waals surface area (Å²) in [5, 5.41) is 1.23. The van der Waals surface area contributed by atoms with Crippen LogP contribution in [-0.2, 0) is 16.7 Å². The van der Waals surface area contributed by atoms with Gasteiger partial charge in [-0.3, -0.25) is 0 Å². The number of nitrogens with zero attached hydrogens (tertiary/aromatic N) is 4. The fourth-order valence-electron chi connectivity index (χ4n) is 3.09. The maximum absolute atomic E-state index is 13.2. The largest absolute Gasteiger partial charge is 0.462 e. The normalized spacial score (nSPS) is 11.9. The lowest BCUT2D eigenvalue weighted by Gasteiger charge is -2.10. The van der Waals surface area contributed by atoms with Gasteiger partial charge in [-0.15, -0.1) is 11.3 Å². The lowest BCUT2D eigenvalue weighted by molar-refractivity contribution is -0.145. The van der Waals surface area contributed by atoms with E-state index in [1.807, 2.05) is 0 Å². The van der Waals surface area contributed by atoms with E-state index in [2.05, 4.69) is 19.9 Å². The summed E-state index contributed by atoms with van der Waals surface area (Å²) in [4.78, 5) is 29.1. The van der Waals surface area contributed by atoms with Crippen LogP contribution < -0.4 is 5.73 Å². The molecular formula is C20H16F3N5O2S2. The molecule has 2 N–H and O–H groups in total. The molecule has 3 aromatic heterocycles. The Bertz CT molecular complexity index is 1340. The van der Waals surface area contributed by atoms with E-state index >= 15 is 0 Å². The number of benzene rings is 1. The third kappa shape index (κ3) is 4.19. The smallest absolute Gasteiger partial charge is 0.451 e. The Morgan fingerprint density at radius 2 is 1.94 bits per heavy atom. The summed E-state index contributed by atoms with van der Waals surface area (Å²) in [6, 6.07) is 6.48. The molecule has 3 heterocycles. The van der Waals surface area contributed by atoms with Crippen molar-refractivity contribution in [3.05, 3.63) is 46.4 Å². The van der Waals surface area contributed by atoms with Crippen molar-refractivity contribution >= 4 is 56.0 Å². The van der Waals surface area contributed by atoms with Gasteiger partial charge in [0.1, 0.15) is 26.4 Å². The molecule has 12 heteroatoms. The van der Waals surface area contributed by atoms with Crippen LogP contribution in [0.5, 0.6) is 0 Å². The average molecular weight is 480 g/mol. The number of fused-ring (bicyclic) bond motifs is 2. The fraction of sp³-hybridized carbons (Fsp3) is 0.250. The van der Waals surface area contributed by atoms with Gasteiger partial charge < -0.3 is 10.5 Å². The Kier molecular flexibility index (Phi) is 5.91. The summed E-state index contributed by atoms with van der Waals surface area (Å²) in [6.07, 6.45) is -4.67. The maximum atomic E-state index is 13.2. The summed E-state index contributed by atoms with van der Waals surface area (Å²) in [7, 11) is 0. The van der Waals surface area contributed by atoms with Gasteiger partial charge in [0.15, 0.2) is 0 Å². The maximum Gasteiger partial charge on any atom is 0.451 e. The number of carbonyl (C=O) groups is 1. The molecule has 0 saturated heterocycles. The molecule has 0 unspecified atom stereocenters. The number of thiophene rings is 1. The first-order chi connectivity index (χ1) is 15.2. The Hall–Kier alpha value is -2.99. The molecule has 0 aliphatic heterocycles. The molecular weight excluding hydrogens is 463 g/mol. The van der Waals surface area contributed by atoms with Crippen molar-refractivity contribution in [2.75, 3.05) is 12.3 Å². The molecule has 0 fully saturated rings. The molecule has 0 radical (unpaired) electrons. The van der Waals surface area contributed by atoms with E-state index in [0.717, 1.165) is 23.1 Å². The van der Waals surface area contributed by atoms with E-state index in [9.17, 15) is 18.0 Å². The van der Waals surface area contributed by atoms with Crippen molar-refractivity contribution in [2.45, 2.75) is 30.8 Å². The monoisotopic (exact) mass is 479 g/mol. The van der Waals surface area contributed by atoms with Gasteiger partial charge in [-0.2, -0.15) is 13.2 Å². The van der Waals surface area contributed by atoms with Crippen LogP contribution in [0, 0.1) is 6.92 Å². The molecule has 0 aliphatic carbocycles. The van der Waals surface area contributed by atoms with Crippen LogP contribution in [-0.4, -0.2) is 32.5 Å². The lowest BCUT2D eigenvalue weighted by atomic mass is 10.2. The third-order valence-electron chi connectivity index (χ3n) is 4.49. The van der Waals surface area contributed by atoms with Crippen LogP contribution in [0.25, 0.3) is 21.1 Å². The lowest BCUT2D eigenvalue weighted by Crippen LogP contribution is -2.11. The number of alkyl halides is 3. The minimum atomic E-state index is -4.67. The number of nitrogen functional groups attached to an aromatic ring is 1. The zero-order valence-corrected chi connectivity index (χ0v) is 18.5. The van der Waals surface area contributed by atoms with Crippen molar-refractivity contribution in [3.8, 4) is 0 Å².